The van der Waals surface area contributed by atoms with Crippen molar-refractivity contribution in [1.29, 1.82) is 0 Å². The van der Waals surface area contributed by atoms with Gasteiger partial charge in [-0.2, -0.15) is 4.98 Å². The average Bonchev–Trinajstić information content (AvgIpc) is 3.33. The van der Waals surface area contributed by atoms with E-state index in [1.54, 1.807) is 17.6 Å². The summed E-state index contributed by atoms with van der Waals surface area (Å²) in [5, 5.41) is 15.2. The van der Waals surface area contributed by atoms with E-state index in [2.05, 4.69) is 20.3 Å². The second-order valence-electron chi connectivity index (χ2n) is 5.03. The Morgan fingerprint density at radius 2 is 2.21 bits per heavy atom. The van der Waals surface area contributed by atoms with Crippen molar-refractivity contribution >= 4 is 23.1 Å². The minimum absolute atomic E-state index is 0.536. The molecule has 0 bridgehead atoms. The average molecular weight is 359 g/mol. The molecule has 0 spiro atoms. The van der Waals surface area contributed by atoms with Gasteiger partial charge in [-0.05, 0) is 24.4 Å². The van der Waals surface area contributed by atoms with Crippen molar-refractivity contribution in [3.8, 4) is 22.1 Å². The molecule has 0 fully saturated rings. The minimum atomic E-state index is 0.536. The van der Waals surface area contributed by atoms with Gasteiger partial charge in [0.1, 0.15) is 5.76 Å². The van der Waals surface area contributed by atoms with Gasteiger partial charge in [-0.1, -0.05) is 23.0 Å². The summed E-state index contributed by atoms with van der Waals surface area (Å²) in [6, 6.07) is 5.82. The zero-order valence-electron chi connectivity index (χ0n) is 13.0. The van der Waals surface area contributed by atoms with Crippen LogP contribution in [-0.2, 0) is 12.8 Å². The van der Waals surface area contributed by atoms with E-state index >= 15 is 0 Å². The van der Waals surface area contributed by atoms with Crippen molar-refractivity contribution in [2.24, 2.45) is 7.05 Å². The molecule has 4 heterocycles. The molecule has 0 atom stereocenters. The van der Waals surface area contributed by atoms with Gasteiger partial charge in [0.05, 0.1) is 22.5 Å². The number of aromatic nitrogens is 5. The van der Waals surface area contributed by atoms with Crippen LogP contribution >= 0.6 is 23.1 Å². The molecule has 0 radical (unpaired) electrons. The summed E-state index contributed by atoms with van der Waals surface area (Å²) >= 11 is 3.08. The van der Waals surface area contributed by atoms with E-state index in [-0.39, 0.29) is 0 Å². The molecule has 0 saturated carbocycles. The number of thioether (sulfide) groups is 1. The largest absolute Gasteiger partial charge is 0.469 e. The molecule has 4 aromatic heterocycles. The summed E-state index contributed by atoms with van der Waals surface area (Å²) in [5.41, 5.74) is 0.939. The van der Waals surface area contributed by atoms with Crippen LogP contribution in [0, 0.1) is 6.92 Å². The first kappa shape index (κ1) is 15.2. The lowest BCUT2D eigenvalue weighted by molar-refractivity contribution is 0.391. The zero-order valence-corrected chi connectivity index (χ0v) is 14.6. The third kappa shape index (κ3) is 2.76. The third-order valence-corrected chi connectivity index (χ3v) is 5.34. The van der Waals surface area contributed by atoms with Gasteiger partial charge in [-0.25, -0.2) is 0 Å². The Morgan fingerprint density at radius 3 is 2.96 bits per heavy atom. The van der Waals surface area contributed by atoms with Gasteiger partial charge in [-0.3, -0.25) is 0 Å². The number of nitrogens with zero attached hydrogens (tertiary/aromatic N) is 5. The predicted octanol–water partition coefficient (Wildman–Crippen LogP) is 3.79. The van der Waals surface area contributed by atoms with Crippen LogP contribution in [0.5, 0.6) is 0 Å². The Hall–Kier alpha value is -2.39. The van der Waals surface area contributed by atoms with Gasteiger partial charge in [0.2, 0.25) is 11.7 Å². The fraction of sp³-hybridized carbons (Fsp3) is 0.200. The number of hydrogen-bond donors (Lipinski definition) is 0. The fourth-order valence-electron chi connectivity index (χ4n) is 2.24. The van der Waals surface area contributed by atoms with Crippen LogP contribution in [0.15, 0.2) is 43.9 Å². The van der Waals surface area contributed by atoms with Gasteiger partial charge in [-0.15, -0.1) is 21.5 Å². The maximum atomic E-state index is 5.33. The molecule has 0 aliphatic rings. The topological polar surface area (TPSA) is 82.8 Å². The molecule has 0 aromatic carbocycles. The standard InChI is InChI=1S/C15H13N5O2S2/c1-9-10(5-6-21-9)14-17-18-15(20(14)2)24-8-12-16-13(19-22-12)11-4-3-7-23-11/h3-7H,8H2,1-2H3. The summed E-state index contributed by atoms with van der Waals surface area (Å²) in [4.78, 5) is 5.40. The molecule has 0 amide bonds. The Balaban J connectivity index is 1.49. The summed E-state index contributed by atoms with van der Waals surface area (Å²) in [6.07, 6.45) is 1.65. The van der Waals surface area contributed by atoms with Crippen molar-refractivity contribution in [2.45, 2.75) is 17.8 Å². The first-order valence-electron chi connectivity index (χ1n) is 7.15. The molecule has 122 valence electrons. The highest BCUT2D eigenvalue weighted by Crippen LogP contribution is 2.28. The zero-order chi connectivity index (χ0) is 16.5. The van der Waals surface area contributed by atoms with Crippen LogP contribution in [0.2, 0.25) is 0 Å². The van der Waals surface area contributed by atoms with Crippen molar-refractivity contribution in [2.75, 3.05) is 0 Å². The van der Waals surface area contributed by atoms with Crippen LogP contribution < -0.4 is 0 Å². The SMILES string of the molecule is Cc1occc1-c1nnc(SCc2nc(-c3cccs3)no2)n1C. The van der Waals surface area contributed by atoms with Crippen LogP contribution in [0.3, 0.4) is 0 Å². The van der Waals surface area contributed by atoms with E-state index < -0.39 is 0 Å². The van der Waals surface area contributed by atoms with E-state index in [1.807, 2.05) is 42.1 Å². The lowest BCUT2D eigenvalue weighted by Crippen LogP contribution is -1.95. The highest BCUT2D eigenvalue weighted by atomic mass is 32.2. The molecular formula is C15H13N5O2S2. The molecular weight excluding hydrogens is 346 g/mol. The molecule has 24 heavy (non-hydrogen) atoms. The fourth-order valence-corrected chi connectivity index (χ4v) is 3.64. The van der Waals surface area contributed by atoms with Crippen molar-refractivity contribution in [3.63, 3.8) is 0 Å². The highest BCUT2D eigenvalue weighted by Gasteiger charge is 2.16. The maximum Gasteiger partial charge on any atom is 0.237 e. The summed E-state index contributed by atoms with van der Waals surface area (Å²) in [5.74, 6) is 3.31. The quantitative estimate of drug-likeness (QED) is 0.501. The first-order chi connectivity index (χ1) is 11.7. The lowest BCUT2D eigenvalue weighted by Gasteiger charge is -2.01. The Labute approximate surface area is 145 Å². The van der Waals surface area contributed by atoms with Gasteiger partial charge in [0.25, 0.3) is 0 Å². The van der Waals surface area contributed by atoms with Crippen molar-refractivity contribution in [1.82, 2.24) is 24.9 Å². The highest BCUT2D eigenvalue weighted by molar-refractivity contribution is 7.98. The third-order valence-electron chi connectivity index (χ3n) is 3.47. The second kappa shape index (κ2) is 6.25. The second-order valence-corrected chi connectivity index (χ2v) is 6.92. The van der Waals surface area contributed by atoms with Gasteiger partial charge in [0, 0.05) is 7.05 Å². The van der Waals surface area contributed by atoms with Gasteiger partial charge >= 0.3 is 0 Å². The molecule has 0 aliphatic heterocycles. The van der Waals surface area contributed by atoms with Crippen molar-refractivity contribution < 1.29 is 8.94 Å². The summed E-state index contributed by atoms with van der Waals surface area (Å²) in [7, 11) is 1.93. The van der Waals surface area contributed by atoms with Crippen LogP contribution in [0.4, 0.5) is 0 Å². The monoisotopic (exact) mass is 359 g/mol. The number of aryl methyl sites for hydroxylation is 1. The van der Waals surface area contributed by atoms with E-state index in [0.29, 0.717) is 17.5 Å². The number of furan rings is 1. The number of thiophene rings is 1. The molecule has 9 heteroatoms. The molecule has 4 aromatic rings. The van der Waals surface area contributed by atoms with E-state index in [9.17, 15) is 0 Å². The first-order valence-corrected chi connectivity index (χ1v) is 9.02. The lowest BCUT2D eigenvalue weighted by atomic mass is 10.2. The smallest absolute Gasteiger partial charge is 0.237 e. The Bertz CT molecular complexity index is 955. The van der Waals surface area contributed by atoms with E-state index in [4.69, 9.17) is 8.94 Å². The maximum absolute atomic E-state index is 5.33. The minimum Gasteiger partial charge on any atom is -0.469 e. The van der Waals surface area contributed by atoms with E-state index in [0.717, 1.165) is 27.2 Å². The molecule has 7 nitrogen and oxygen atoms in total. The Kier molecular flexibility index (Phi) is 3.95. The number of rotatable bonds is 5. The van der Waals surface area contributed by atoms with Crippen molar-refractivity contribution in [3.05, 3.63) is 41.5 Å². The molecule has 0 unspecified atom stereocenters. The van der Waals surface area contributed by atoms with Crippen LogP contribution in [0.25, 0.3) is 22.1 Å². The van der Waals surface area contributed by atoms with Crippen LogP contribution in [-0.4, -0.2) is 24.9 Å². The molecule has 0 N–H and O–H groups in total. The predicted molar refractivity (Wildman–Crippen MR) is 90.6 cm³/mol. The Morgan fingerprint density at radius 1 is 1.29 bits per heavy atom. The number of hydrogen-bond acceptors (Lipinski definition) is 8. The van der Waals surface area contributed by atoms with Gasteiger partial charge < -0.3 is 13.5 Å². The summed E-state index contributed by atoms with van der Waals surface area (Å²) in [6.45, 7) is 1.90. The van der Waals surface area contributed by atoms with Gasteiger partial charge in [0.15, 0.2) is 11.0 Å². The summed E-state index contributed by atoms with van der Waals surface area (Å²) < 4.78 is 12.6. The van der Waals surface area contributed by atoms with E-state index in [1.165, 1.54) is 11.8 Å². The molecule has 4 rings (SSSR count). The van der Waals surface area contributed by atoms with Crippen LogP contribution in [0.1, 0.15) is 11.7 Å². The molecule has 0 aliphatic carbocycles. The normalized spacial score (nSPS) is 11.2. The molecule has 0 saturated heterocycles.